The molecule has 152 valence electrons. The molecule has 2 N–H and O–H groups in total. The number of halogens is 3. The predicted molar refractivity (Wildman–Crippen MR) is 107 cm³/mol. The number of rotatable bonds is 4. The van der Waals surface area contributed by atoms with Gasteiger partial charge in [0.1, 0.15) is 17.1 Å². The number of thiocarbonyl (C=S) groups is 1. The fraction of sp³-hybridized carbons (Fsp3) is 0.158. The van der Waals surface area contributed by atoms with Crippen LogP contribution in [0.2, 0.25) is 0 Å². The van der Waals surface area contributed by atoms with Crippen molar-refractivity contribution in [1.29, 1.82) is 0 Å². The molecule has 3 aromatic rings. The normalized spacial score (nSPS) is 11.2. The molecule has 1 heterocycles. The first-order chi connectivity index (χ1) is 13.7. The number of fused-ring (bicyclic) bond motifs is 1. The SMILES string of the molecule is COc1cc(NC(=S)Nc2ccc3c(C(F)(F)F)cc(=O)oc3c2)cc(OC)c1. The molecule has 0 atom stereocenters. The Labute approximate surface area is 168 Å². The van der Waals surface area contributed by atoms with Crippen LogP contribution in [0, 0.1) is 0 Å². The van der Waals surface area contributed by atoms with Gasteiger partial charge in [-0.15, -0.1) is 0 Å². The first kappa shape index (κ1) is 20.5. The Morgan fingerprint density at radius 2 is 1.59 bits per heavy atom. The summed E-state index contributed by atoms with van der Waals surface area (Å²) in [5, 5.41) is 5.69. The highest BCUT2D eigenvalue weighted by Crippen LogP contribution is 2.34. The second-order valence-corrected chi connectivity index (χ2v) is 6.28. The maximum Gasteiger partial charge on any atom is 0.417 e. The van der Waals surface area contributed by atoms with Gasteiger partial charge in [-0.1, -0.05) is 0 Å². The van der Waals surface area contributed by atoms with E-state index < -0.39 is 17.4 Å². The molecule has 0 aliphatic heterocycles. The quantitative estimate of drug-likeness (QED) is 0.467. The van der Waals surface area contributed by atoms with E-state index in [0.717, 1.165) is 0 Å². The zero-order valence-electron chi connectivity index (χ0n) is 15.2. The molecule has 0 aliphatic carbocycles. The highest BCUT2D eigenvalue weighted by molar-refractivity contribution is 7.80. The first-order valence-electron chi connectivity index (χ1n) is 8.16. The third-order valence-corrected chi connectivity index (χ3v) is 4.12. The first-order valence-corrected chi connectivity index (χ1v) is 8.56. The molecule has 10 heteroatoms. The standard InChI is InChI=1S/C19H15F3N2O4S/c1-26-12-5-11(6-13(8-12)27-2)24-18(29)23-10-3-4-14-15(19(20,21)22)9-17(25)28-16(14)7-10/h3-9H,1-2H3,(H2,23,24,29). The van der Waals surface area contributed by atoms with Gasteiger partial charge in [-0.05, 0) is 24.4 Å². The fourth-order valence-corrected chi connectivity index (χ4v) is 2.88. The van der Waals surface area contributed by atoms with E-state index in [2.05, 4.69) is 10.6 Å². The Bertz CT molecular complexity index is 1110. The lowest BCUT2D eigenvalue weighted by Gasteiger charge is -2.14. The van der Waals surface area contributed by atoms with Crippen molar-refractivity contribution in [2.24, 2.45) is 0 Å². The van der Waals surface area contributed by atoms with E-state index in [1.165, 1.54) is 32.4 Å². The van der Waals surface area contributed by atoms with Gasteiger partial charge in [0.2, 0.25) is 0 Å². The van der Waals surface area contributed by atoms with Gasteiger partial charge in [-0.25, -0.2) is 4.79 Å². The monoisotopic (exact) mass is 424 g/mol. The minimum atomic E-state index is -4.68. The Balaban J connectivity index is 1.85. The zero-order valence-corrected chi connectivity index (χ0v) is 16.0. The summed E-state index contributed by atoms with van der Waals surface area (Å²) in [6.45, 7) is 0. The van der Waals surface area contributed by atoms with Gasteiger partial charge < -0.3 is 24.5 Å². The maximum absolute atomic E-state index is 13.1. The molecule has 0 amide bonds. The lowest BCUT2D eigenvalue weighted by Crippen LogP contribution is -2.19. The van der Waals surface area contributed by atoms with Crippen LogP contribution in [-0.4, -0.2) is 19.3 Å². The number of benzene rings is 2. The van der Waals surface area contributed by atoms with Crippen molar-refractivity contribution < 1.29 is 27.1 Å². The largest absolute Gasteiger partial charge is 0.497 e. The molecule has 0 saturated heterocycles. The van der Waals surface area contributed by atoms with Crippen LogP contribution in [0.3, 0.4) is 0 Å². The van der Waals surface area contributed by atoms with Gasteiger partial charge in [0.25, 0.3) is 0 Å². The summed E-state index contributed by atoms with van der Waals surface area (Å²) in [7, 11) is 3.01. The van der Waals surface area contributed by atoms with Crippen molar-refractivity contribution in [3.8, 4) is 11.5 Å². The second-order valence-electron chi connectivity index (χ2n) is 5.87. The van der Waals surface area contributed by atoms with E-state index in [4.69, 9.17) is 26.1 Å². The lowest BCUT2D eigenvalue weighted by molar-refractivity contribution is -0.136. The molecule has 0 radical (unpaired) electrons. The van der Waals surface area contributed by atoms with Crippen LogP contribution in [0.5, 0.6) is 11.5 Å². The Morgan fingerprint density at radius 1 is 0.966 bits per heavy atom. The van der Waals surface area contributed by atoms with Crippen LogP contribution < -0.4 is 25.7 Å². The number of hydrogen-bond acceptors (Lipinski definition) is 5. The second kappa shape index (κ2) is 8.00. The molecule has 29 heavy (non-hydrogen) atoms. The van der Waals surface area contributed by atoms with Gasteiger partial charge >= 0.3 is 11.8 Å². The average molecular weight is 424 g/mol. The van der Waals surface area contributed by atoms with Crippen molar-refractivity contribution >= 4 is 39.7 Å². The number of anilines is 2. The van der Waals surface area contributed by atoms with Crippen LogP contribution in [0.4, 0.5) is 24.5 Å². The number of ether oxygens (including phenoxy) is 2. The van der Waals surface area contributed by atoms with Gasteiger partial charge in [0.15, 0.2) is 5.11 Å². The number of alkyl halides is 3. The third-order valence-electron chi connectivity index (χ3n) is 3.92. The molecule has 1 aromatic heterocycles. The smallest absolute Gasteiger partial charge is 0.417 e. The fourth-order valence-electron chi connectivity index (χ4n) is 2.65. The molecule has 3 rings (SSSR count). The van der Waals surface area contributed by atoms with Crippen LogP contribution >= 0.6 is 12.2 Å². The molecular formula is C19H15F3N2O4S. The number of nitrogens with one attached hydrogen (secondary N) is 2. The Hall–Kier alpha value is -3.27. The predicted octanol–water partition coefficient (Wildman–Crippen LogP) is 4.64. The molecule has 6 nitrogen and oxygen atoms in total. The highest BCUT2D eigenvalue weighted by atomic mass is 32.1. The topological polar surface area (TPSA) is 72.7 Å². The van der Waals surface area contributed by atoms with E-state index in [1.54, 1.807) is 18.2 Å². The van der Waals surface area contributed by atoms with E-state index in [0.29, 0.717) is 28.9 Å². The molecule has 0 fully saturated rings. The van der Waals surface area contributed by atoms with Crippen molar-refractivity contribution in [3.63, 3.8) is 0 Å². The lowest BCUT2D eigenvalue weighted by atomic mass is 10.1. The van der Waals surface area contributed by atoms with E-state index in [-0.39, 0.29) is 16.1 Å². The van der Waals surface area contributed by atoms with E-state index in [9.17, 15) is 18.0 Å². The molecule has 0 bridgehead atoms. The molecular weight excluding hydrogens is 409 g/mol. The van der Waals surface area contributed by atoms with Crippen LogP contribution in [-0.2, 0) is 6.18 Å². The van der Waals surface area contributed by atoms with E-state index in [1.807, 2.05) is 0 Å². The Morgan fingerprint density at radius 3 is 2.17 bits per heavy atom. The average Bonchev–Trinajstić information content (AvgIpc) is 2.65. The van der Waals surface area contributed by atoms with Crippen molar-refractivity contribution in [2.45, 2.75) is 6.18 Å². The molecule has 0 saturated carbocycles. The summed E-state index contributed by atoms with van der Waals surface area (Å²) in [5.41, 5.74) is -1.44. The van der Waals surface area contributed by atoms with Crippen LogP contribution in [0.1, 0.15) is 5.56 Å². The summed E-state index contributed by atoms with van der Waals surface area (Å²) >= 11 is 5.23. The van der Waals surface area contributed by atoms with Crippen molar-refractivity contribution in [1.82, 2.24) is 0 Å². The Kier molecular flexibility index (Phi) is 5.64. The van der Waals surface area contributed by atoms with Gasteiger partial charge in [0, 0.05) is 47.1 Å². The molecule has 0 spiro atoms. The van der Waals surface area contributed by atoms with E-state index >= 15 is 0 Å². The van der Waals surface area contributed by atoms with Crippen molar-refractivity contribution in [2.75, 3.05) is 24.9 Å². The minimum absolute atomic E-state index is 0.161. The summed E-state index contributed by atoms with van der Waals surface area (Å²) < 4.78 is 54.6. The molecule has 0 unspecified atom stereocenters. The summed E-state index contributed by atoms with van der Waals surface area (Å²) in [5.74, 6) is 1.09. The number of methoxy groups -OCH3 is 2. The third kappa shape index (κ3) is 4.77. The number of hydrogen-bond donors (Lipinski definition) is 2. The summed E-state index contributed by atoms with van der Waals surface area (Å²) in [4.78, 5) is 11.5. The minimum Gasteiger partial charge on any atom is -0.497 e. The maximum atomic E-state index is 13.1. The highest BCUT2D eigenvalue weighted by Gasteiger charge is 2.33. The van der Waals surface area contributed by atoms with Crippen molar-refractivity contribution in [3.05, 3.63) is 58.4 Å². The molecule has 0 aliphatic rings. The summed E-state index contributed by atoms with van der Waals surface area (Å²) in [6, 6.07) is 9.37. The zero-order chi connectivity index (χ0) is 21.2. The van der Waals surface area contributed by atoms with Gasteiger partial charge in [0.05, 0.1) is 19.8 Å². The van der Waals surface area contributed by atoms with Gasteiger partial charge in [-0.3, -0.25) is 0 Å². The van der Waals surface area contributed by atoms with Gasteiger partial charge in [-0.2, -0.15) is 13.2 Å². The molecule has 2 aromatic carbocycles. The van der Waals surface area contributed by atoms with Crippen LogP contribution in [0.15, 0.2) is 51.7 Å². The summed E-state index contributed by atoms with van der Waals surface area (Å²) in [6.07, 6.45) is -4.68. The van der Waals surface area contributed by atoms with Crippen LogP contribution in [0.25, 0.3) is 11.0 Å².